The fourth-order valence-electron chi connectivity index (χ4n) is 1.76. The lowest BCUT2D eigenvalue weighted by molar-refractivity contribution is 0.185. The van der Waals surface area contributed by atoms with Crippen LogP contribution in [-0.2, 0) is 11.3 Å². The third-order valence-corrected chi connectivity index (χ3v) is 2.91. The zero-order valence-corrected chi connectivity index (χ0v) is 11.7. The second-order valence-corrected chi connectivity index (χ2v) is 4.61. The normalized spacial score (nSPS) is 10.6. The van der Waals surface area contributed by atoms with E-state index in [0.29, 0.717) is 18.1 Å². The molecule has 2 aromatic rings. The molecular formula is C12H13BrN2O3. The first kappa shape index (κ1) is 12.9. The van der Waals surface area contributed by atoms with Crippen molar-refractivity contribution in [3.8, 4) is 17.0 Å². The zero-order chi connectivity index (χ0) is 13.1. The molecule has 1 aromatic carbocycles. The van der Waals surface area contributed by atoms with Crippen LogP contribution in [0.3, 0.4) is 0 Å². The van der Waals surface area contributed by atoms with E-state index in [1.165, 1.54) is 0 Å². The summed E-state index contributed by atoms with van der Waals surface area (Å²) in [4.78, 5) is 0. The van der Waals surface area contributed by atoms with E-state index >= 15 is 0 Å². The Labute approximate surface area is 113 Å². The summed E-state index contributed by atoms with van der Waals surface area (Å²) in [6.07, 6.45) is 0. The molecule has 96 valence electrons. The summed E-state index contributed by atoms with van der Waals surface area (Å²) in [6.45, 7) is 0.442. The van der Waals surface area contributed by atoms with Gasteiger partial charge in [0.05, 0.1) is 19.3 Å². The van der Waals surface area contributed by atoms with Crippen molar-refractivity contribution in [3.05, 3.63) is 28.2 Å². The van der Waals surface area contributed by atoms with Crippen LogP contribution in [0.15, 0.2) is 27.2 Å². The van der Waals surface area contributed by atoms with Gasteiger partial charge in [0.25, 0.3) is 0 Å². The van der Waals surface area contributed by atoms with Gasteiger partial charge in [0, 0.05) is 17.6 Å². The largest absolute Gasteiger partial charge is 0.496 e. The second-order valence-electron chi connectivity index (χ2n) is 3.69. The van der Waals surface area contributed by atoms with E-state index in [9.17, 15) is 0 Å². The van der Waals surface area contributed by atoms with Gasteiger partial charge in [-0.2, -0.15) is 0 Å². The molecule has 0 radical (unpaired) electrons. The molecule has 1 aromatic heterocycles. The van der Waals surface area contributed by atoms with Gasteiger partial charge in [0.15, 0.2) is 0 Å². The minimum absolute atomic E-state index is 0.262. The van der Waals surface area contributed by atoms with Crippen molar-refractivity contribution >= 4 is 21.8 Å². The van der Waals surface area contributed by atoms with Crippen molar-refractivity contribution in [2.45, 2.75) is 6.61 Å². The Morgan fingerprint density at radius 2 is 2.11 bits per heavy atom. The fraction of sp³-hybridized carbons (Fsp3) is 0.250. The Bertz CT molecular complexity index is 554. The highest BCUT2D eigenvalue weighted by molar-refractivity contribution is 9.10. The Morgan fingerprint density at radius 1 is 1.33 bits per heavy atom. The van der Waals surface area contributed by atoms with Crippen LogP contribution in [0.25, 0.3) is 11.3 Å². The number of benzene rings is 1. The highest BCUT2D eigenvalue weighted by Gasteiger charge is 2.16. The number of aromatic nitrogens is 1. The van der Waals surface area contributed by atoms with Gasteiger partial charge in [-0.05, 0) is 17.7 Å². The standard InChI is InChI=1S/C12H13BrN2O3/c1-16-6-7-3-8(13)4-10(17-2)12(7)9-5-11(14)18-15-9/h3-5H,6,14H2,1-2H3. The van der Waals surface area contributed by atoms with Crippen LogP contribution in [0, 0.1) is 0 Å². The van der Waals surface area contributed by atoms with Crippen molar-refractivity contribution < 1.29 is 14.0 Å². The molecule has 0 saturated heterocycles. The summed E-state index contributed by atoms with van der Waals surface area (Å²) < 4.78 is 16.4. The van der Waals surface area contributed by atoms with E-state index in [1.54, 1.807) is 20.3 Å². The van der Waals surface area contributed by atoms with Crippen molar-refractivity contribution in [3.63, 3.8) is 0 Å². The quantitative estimate of drug-likeness (QED) is 0.940. The molecule has 0 spiro atoms. The van der Waals surface area contributed by atoms with Crippen LogP contribution < -0.4 is 10.5 Å². The lowest BCUT2D eigenvalue weighted by Crippen LogP contribution is -1.97. The number of hydrogen-bond acceptors (Lipinski definition) is 5. The van der Waals surface area contributed by atoms with Gasteiger partial charge in [0.2, 0.25) is 5.88 Å². The summed E-state index contributed by atoms with van der Waals surface area (Å²) in [5.41, 5.74) is 7.94. The molecule has 2 N–H and O–H groups in total. The minimum Gasteiger partial charge on any atom is -0.496 e. The van der Waals surface area contributed by atoms with Crippen LogP contribution in [0.1, 0.15) is 5.56 Å². The van der Waals surface area contributed by atoms with Gasteiger partial charge >= 0.3 is 0 Å². The number of halogens is 1. The highest BCUT2D eigenvalue weighted by atomic mass is 79.9. The second kappa shape index (κ2) is 5.41. The van der Waals surface area contributed by atoms with Gasteiger partial charge in [0.1, 0.15) is 11.4 Å². The molecule has 18 heavy (non-hydrogen) atoms. The highest BCUT2D eigenvalue weighted by Crippen LogP contribution is 2.36. The fourth-order valence-corrected chi connectivity index (χ4v) is 2.25. The molecule has 0 atom stereocenters. The van der Waals surface area contributed by atoms with Gasteiger partial charge in [-0.15, -0.1) is 0 Å². The molecule has 2 rings (SSSR count). The first-order valence-electron chi connectivity index (χ1n) is 5.23. The lowest BCUT2D eigenvalue weighted by atomic mass is 10.0. The molecule has 6 heteroatoms. The average molecular weight is 313 g/mol. The van der Waals surface area contributed by atoms with E-state index in [1.807, 2.05) is 12.1 Å². The predicted octanol–water partition coefficient (Wildman–Crippen LogP) is 2.84. The Morgan fingerprint density at radius 3 is 2.67 bits per heavy atom. The molecular weight excluding hydrogens is 300 g/mol. The monoisotopic (exact) mass is 312 g/mol. The van der Waals surface area contributed by atoms with Crippen LogP contribution in [0.2, 0.25) is 0 Å². The van der Waals surface area contributed by atoms with Crippen molar-refractivity contribution in [1.82, 2.24) is 5.16 Å². The number of anilines is 1. The molecule has 5 nitrogen and oxygen atoms in total. The summed E-state index contributed by atoms with van der Waals surface area (Å²) >= 11 is 3.43. The van der Waals surface area contributed by atoms with E-state index in [0.717, 1.165) is 15.6 Å². The number of rotatable bonds is 4. The topological polar surface area (TPSA) is 70.5 Å². The third-order valence-electron chi connectivity index (χ3n) is 2.45. The van der Waals surface area contributed by atoms with Crippen molar-refractivity contribution in [2.75, 3.05) is 20.0 Å². The number of nitrogen functional groups attached to an aromatic ring is 1. The van der Waals surface area contributed by atoms with Gasteiger partial charge in [-0.1, -0.05) is 21.1 Å². The maximum atomic E-state index is 5.55. The molecule has 0 unspecified atom stereocenters. The van der Waals surface area contributed by atoms with Crippen molar-refractivity contribution in [2.24, 2.45) is 0 Å². The molecule has 0 saturated carbocycles. The van der Waals surface area contributed by atoms with Crippen LogP contribution in [0.4, 0.5) is 5.88 Å². The molecule has 0 fully saturated rings. The number of hydrogen-bond donors (Lipinski definition) is 1. The molecule has 0 aliphatic heterocycles. The summed E-state index contributed by atoms with van der Waals surface area (Å²) in [6, 6.07) is 5.47. The number of ether oxygens (including phenoxy) is 2. The van der Waals surface area contributed by atoms with Gasteiger partial charge in [-0.3, -0.25) is 0 Å². The molecule has 0 aliphatic carbocycles. The van der Waals surface area contributed by atoms with Crippen LogP contribution >= 0.6 is 15.9 Å². The predicted molar refractivity (Wildman–Crippen MR) is 71.3 cm³/mol. The van der Waals surface area contributed by atoms with E-state index < -0.39 is 0 Å². The van der Waals surface area contributed by atoms with Crippen LogP contribution in [0.5, 0.6) is 5.75 Å². The van der Waals surface area contributed by atoms with E-state index in [2.05, 4.69) is 21.1 Å². The minimum atomic E-state index is 0.262. The number of nitrogens with two attached hydrogens (primary N) is 1. The first-order chi connectivity index (χ1) is 8.65. The zero-order valence-electron chi connectivity index (χ0n) is 10.1. The maximum absolute atomic E-state index is 5.55. The van der Waals surface area contributed by atoms with Gasteiger partial charge in [-0.25, -0.2) is 0 Å². The molecule has 1 heterocycles. The summed E-state index contributed by atoms with van der Waals surface area (Å²) in [7, 11) is 3.24. The maximum Gasteiger partial charge on any atom is 0.222 e. The number of nitrogens with zero attached hydrogens (tertiary/aromatic N) is 1. The van der Waals surface area contributed by atoms with Crippen LogP contribution in [-0.4, -0.2) is 19.4 Å². The molecule has 0 bridgehead atoms. The Hall–Kier alpha value is -1.53. The third kappa shape index (κ3) is 2.49. The Kier molecular flexibility index (Phi) is 3.88. The van der Waals surface area contributed by atoms with E-state index in [4.69, 9.17) is 19.7 Å². The number of methoxy groups -OCH3 is 2. The first-order valence-corrected chi connectivity index (χ1v) is 6.03. The van der Waals surface area contributed by atoms with E-state index in [-0.39, 0.29) is 5.88 Å². The average Bonchev–Trinajstić information content (AvgIpc) is 2.75. The van der Waals surface area contributed by atoms with Crippen molar-refractivity contribution in [1.29, 1.82) is 0 Å². The van der Waals surface area contributed by atoms with Gasteiger partial charge < -0.3 is 19.7 Å². The molecule has 0 amide bonds. The smallest absolute Gasteiger partial charge is 0.222 e. The lowest BCUT2D eigenvalue weighted by Gasteiger charge is -2.12. The summed E-state index contributed by atoms with van der Waals surface area (Å²) in [5, 5.41) is 3.92. The SMILES string of the molecule is COCc1cc(Br)cc(OC)c1-c1cc(N)on1. The molecule has 0 aliphatic rings. The summed E-state index contributed by atoms with van der Waals surface area (Å²) in [5.74, 6) is 0.947. The Balaban J connectivity index is 2.61.